The van der Waals surface area contributed by atoms with Crippen LogP contribution in [0.1, 0.15) is 26.2 Å². The van der Waals surface area contributed by atoms with Gasteiger partial charge in [-0.1, -0.05) is 0 Å². The zero-order valence-electron chi connectivity index (χ0n) is 25.1. The molecule has 18 heteroatoms. The first kappa shape index (κ1) is 37.3. The SMILES string of the molecule is CNC1C(O)C(OC2C(N=C(N)C(O)C(O)C(O)CO)CC(N)C(OC3OC(CNCCO)CCC3N)C2O)OCC1(C)O. The zero-order valence-corrected chi connectivity index (χ0v) is 25.1. The van der Waals surface area contributed by atoms with E-state index in [0.717, 1.165) is 0 Å². The van der Waals surface area contributed by atoms with Crippen molar-refractivity contribution in [1.29, 1.82) is 0 Å². The summed E-state index contributed by atoms with van der Waals surface area (Å²) >= 11 is 0. The molecule has 2 aliphatic heterocycles. The van der Waals surface area contributed by atoms with Crippen LogP contribution in [0.4, 0.5) is 0 Å². The Kier molecular flexibility index (Phi) is 14.1. The van der Waals surface area contributed by atoms with Crippen molar-refractivity contribution in [3.05, 3.63) is 0 Å². The molecule has 0 radical (unpaired) electrons. The Morgan fingerprint density at radius 3 is 2.36 bits per heavy atom. The fourth-order valence-corrected chi connectivity index (χ4v) is 5.83. The fourth-order valence-electron chi connectivity index (χ4n) is 5.83. The van der Waals surface area contributed by atoms with Crippen molar-refractivity contribution in [1.82, 2.24) is 10.6 Å². The van der Waals surface area contributed by atoms with E-state index in [4.69, 9.17) is 46.4 Å². The molecule has 2 heterocycles. The van der Waals surface area contributed by atoms with Crippen molar-refractivity contribution < 1.29 is 59.8 Å². The van der Waals surface area contributed by atoms with Gasteiger partial charge in [-0.25, -0.2) is 0 Å². The molecule has 0 bridgehead atoms. The van der Waals surface area contributed by atoms with Gasteiger partial charge in [0.25, 0.3) is 0 Å². The van der Waals surface area contributed by atoms with Gasteiger partial charge < -0.3 is 87.6 Å². The second-order valence-electron chi connectivity index (χ2n) is 12.0. The summed E-state index contributed by atoms with van der Waals surface area (Å²) in [6.45, 7) is 1.21. The molecule has 16 N–H and O–H groups in total. The normalized spacial score (nSPS) is 42.5. The van der Waals surface area contributed by atoms with E-state index in [1.54, 1.807) is 7.05 Å². The van der Waals surface area contributed by atoms with Gasteiger partial charge in [0.1, 0.15) is 54.2 Å². The molecule has 1 saturated carbocycles. The number of rotatable bonds is 14. The summed E-state index contributed by atoms with van der Waals surface area (Å²) in [5.74, 6) is -0.528. The maximum atomic E-state index is 11.6. The van der Waals surface area contributed by atoms with Crippen LogP contribution in [0.5, 0.6) is 0 Å². The van der Waals surface area contributed by atoms with Gasteiger partial charge in [0, 0.05) is 19.1 Å². The van der Waals surface area contributed by atoms with Gasteiger partial charge >= 0.3 is 0 Å². The minimum atomic E-state index is -1.88. The highest BCUT2D eigenvalue weighted by Crippen LogP contribution is 2.33. The minimum Gasteiger partial charge on any atom is -0.395 e. The molecule has 0 amide bonds. The number of aliphatic hydroxyl groups is 8. The van der Waals surface area contributed by atoms with Crippen molar-refractivity contribution in [2.75, 3.05) is 40.0 Å². The van der Waals surface area contributed by atoms with Gasteiger partial charge in [-0.05, 0) is 33.2 Å². The van der Waals surface area contributed by atoms with Crippen LogP contribution in [0, 0.1) is 0 Å². The van der Waals surface area contributed by atoms with Crippen LogP contribution >= 0.6 is 0 Å². The van der Waals surface area contributed by atoms with E-state index >= 15 is 0 Å². The monoisotopic (exact) mass is 640 g/mol. The number of hydrogen-bond acceptors (Lipinski definition) is 17. The topological polar surface area (TPSA) is 313 Å². The molecule has 0 aromatic carbocycles. The third kappa shape index (κ3) is 9.00. The molecule has 2 saturated heterocycles. The van der Waals surface area contributed by atoms with Gasteiger partial charge in [0.2, 0.25) is 0 Å². The lowest BCUT2D eigenvalue weighted by molar-refractivity contribution is -0.306. The van der Waals surface area contributed by atoms with Gasteiger partial charge in [-0.15, -0.1) is 0 Å². The van der Waals surface area contributed by atoms with Crippen LogP contribution in [-0.2, 0) is 18.9 Å². The van der Waals surface area contributed by atoms with E-state index in [9.17, 15) is 30.6 Å². The van der Waals surface area contributed by atoms with Crippen LogP contribution < -0.4 is 27.8 Å². The molecular formula is C26H52N6O12. The van der Waals surface area contributed by atoms with Crippen molar-refractivity contribution in [2.45, 2.75) is 117 Å². The Labute approximate surface area is 256 Å². The van der Waals surface area contributed by atoms with Crippen molar-refractivity contribution in [2.24, 2.45) is 22.2 Å². The Hall–Kier alpha value is -1.17. The maximum absolute atomic E-state index is 11.6. The standard InChI is InChI=1S/C26H52N6O12/c1-26(40)10-41-25(19(39)22(26)30-2)44-21-14(32-23(29)17(37)16(36)15(35)9-34)7-13(28)20(18(21)38)43-24-12(27)4-3-11(42-24)8-31-5-6-33/h11-22,24-25,30-31,33-40H,3-10,27-28H2,1-2H3,(H2,29,32). The van der Waals surface area contributed by atoms with Gasteiger partial charge in [-0.3, -0.25) is 4.99 Å². The van der Waals surface area contributed by atoms with E-state index in [1.807, 2.05) is 0 Å². The number of amidine groups is 1. The summed E-state index contributed by atoms with van der Waals surface area (Å²) in [5.41, 5.74) is 17.2. The predicted molar refractivity (Wildman–Crippen MR) is 154 cm³/mol. The van der Waals surface area contributed by atoms with E-state index in [2.05, 4.69) is 15.6 Å². The second kappa shape index (κ2) is 16.6. The summed E-state index contributed by atoms with van der Waals surface area (Å²) in [6.07, 6.45) is -12.2. The van der Waals surface area contributed by atoms with Crippen molar-refractivity contribution >= 4 is 5.84 Å². The van der Waals surface area contributed by atoms with E-state index < -0.39 is 97.5 Å². The molecule has 44 heavy (non-hydrogen) atoms. The molecule has 18 nitrogen and oxygen atoms in total. The molecule has 1 aliphatic carbocycles. The molecule has 0 aromatic heterocycles. The second-order valence-corrected chi connectivity index (χ2v) is 12.0. The predicted octanol–water partition coefficient (Wildman–Crippen LogP) is -6.88. The molecular weight excluding hydrogens is 588 g/mol. The third-order valence-corrected chi connectivity index (χ3v) is 8.39. The summed E-state index contributed by atoms with van der Waals surface area (Å²) in [4.78, 5) is 4.25. The molecule has 0 spiro atoms. The lowest BCUT2D eigenvalue weighted by Crippen LogP contribution is -2.67. The van der Waals surface area contributed by atoms with E-state index in [0.29, 0.717) is 25.9 Å². The Bertz CT molecular complexity index is 908. The van der Waals surface area contributed by atoms with E-state index in [-0.39, 0.29) is 25.7 Å². The van der Waals surface area contributed by atoms with Crippen LogP contribution in [0.25, 0.3) is 0 Å². The molecule has 0 aromatic rings. The summed E-state index contributed by atoms with van der Waals surface area (Å²) in [7, 11) is 1.55. The number of hydrogen-bond donors (Lipinski definition) is 13. The largest absolute Gasteiger partial charge is 0.395 e. The highest BCUT2D eigenvalue weighted by molar-refractivity contribution is 5.85. The molecule has 3 rings (SSSR count). The summed E-state index contributed by atoms with van der Waals surface area (Å²) in [5, 5.41) is 87.6. The Morgan fingerprint density at radius 1 is 1.05 bits per heavy atom. The molecule has 258 valence electrons. The lowest BCUT2D eigenvalue weighted by atomic mass is 9.83. The molecule has 3 aliphatic rings. The molecule has 15 atom stereocenters. The van der Waals surface area contributed by atoms with Gasteiger partial charge in [0.15, 0.2) is 12.6 Å². The Morgan fingerprint density at radius 2 is 1.73 bits per heavy atom. The first-order valence-corrected chi connectivity index (χ1v) is 14.9. The lowest BCUT2D eigenvalue weighted by Gasteiger charge is -2.48. The summed E-state index contributed by atoms with van der Waals surface area (Å²) in [6, 6.07) is -3.37. The zero-order chi connectivity index (χ0) is 32.8. The first-order valence-electron chi connectivity index (χ1n) is 14.9. The maximum Gasteiger partial charge on any atom is 0.185 e. The number of aliphatic hydroxyl groups excluding tert-OH is 7. The number of likely N-dealkylation sites (N-methyl/N-ethyl adjacent to an activating group) is 1. The van der Waals surface area contributed by atoms with Crippen molar-refractivity contribution in [3.8, 4) is 0 Å². The molecule has 3 fully saturated rings. The van der Waals surface area contributed by atoms with Crippen LogP contribution in [0.15, 0.2) is 4.99 Å². The highest BCUT2D eigenvalue weighted by atomic mass is 16.7. The average Bonchev–Trinajstić information content (AvgIpc) is 2.98. The van der Waals surface area contributed by atoms with Crippen molar-refractivity contribution in [3.63, 3.8) is 0 Å². The van der Waals surface area contributed by atoms with Gasteiger partial charge in [-0.2, -0.15) is 0 Å². The quantitative estimate of drug-likeness (QED) is 0.0476. The minimum absolute atomic E-state index is 0.0299. The molecule has 15 unspecified atom stereocenters. The van der Waals surface area contributed by atoms with Crippen LogP contribution in [-0.4, -0.2) is 178 Å². The van der Waals surface area contributed by atoms with Gasteiger partial charge in [0.05, 0.1) is 44.1 Å². The average molecular weight is 641 g/mol. The fraction of sp³-hybridized carbons (Fsp3) is 0.962. The number of aliphatic imine (C=N–C) groups is 1. The third-order valence-electron chi connectivity index (χ3n) is 8.39. The number of nitrogens with zero attached hydrogens (tertiary/aromatic N) is 1. The summed E-state index contributed by atoms with van der Waals surface area (Å²) < 4.78 is 23.9. The van der Waals surface area contributed by atoms with Crippen LogP contribution in [0.2, 0.25) is 0 Å². The number of nitrogens with two attached hydrogens (primary N) is 3. The first-order chi connectivity index (χ1) is 20.7. The number of nitrogens with one attached hydrogen (secondary N) is 2. The number of ether oxygens (including phenoxy) is 4. The van der Waals surface area contributed by atoms with E-state index in [1.165, 1.54) is 6.92 Å². The Balaban J connectivity index is 1.85. The highest BCUT2D eigenvalue weighted by Gasteiger charge is 2.51. The smallest absolute Gasteiger partial charge is 0.185 e. The van der Waals surface area contributed by atoms with Crippen LogP contribution in [0.3, 0.4) is 0 Å².